The molecule has 3 aromatic rings. The first-order chi connectivity index (χ1) is 14.3. The van der Waals surface area contributed by atoms with Crippen LogP contribution in [0.5, 0.6) is 0 Å². The molecule has 1 aliphatic heterocycles. The Balaban J connectivity index is 1.43. The smallest absolute Gasteiger partial charge is 0.139 e. The van der Waals surface area contributed by atoms with Crippen molar-refractivity contribution in [3.05, 3.63) is 108 Å². The first-order valence-corrected chi connectivity index (χ1v) is 10.4. The average Bonchev–Trinajstić information content (AvgIpc) is 3.27. The van der Waals surface area contributed by atoms with E-state index in [1.165, 1.54) is 16.9 Å². The van der Waals surface area contributed by atoms with Crippen LogP contribution in [0.1, 0.15) is 35.4 Å². The highest BCUT2D eigenvalue weighted by Gasteiger charge is 2.30. The summed E-state index contributed by atoms with van der Waals surface area (Å²) in [6, 6.07) is 30.5. The zero-order chi connectivity index (χ0) is 19.9. The van der Waals surface area contributed by atoms with E-state index in [0.29, 0.717) is 12.3 Å². The molecule has 0 aromatic heterocycles. The van der Waals surface area contributed by atoms with E-state index < -0.39 is 5.60 Å². The van der Waals surface area contributed by atoms with Crippen molar-refractivity contribution in [2.24, 2.45) is 0 Å². The van der Waals surface area contributed by atoms with Crippen LogP contribution < -0.4 is 4.90 Å². The summed E-state index contributed by atoms with van der Waals surface area (Å²) in [5.41, 5.74) is 2.14. The van der Waals surface area contributed by atoms with Gasteiger partial charge in [-0.2, -0.15) is 0 Å². The minimum absolute atomic E-state index is 0.399. The lowest BCUT2D eigenvalue weighted by Gasteiger charge is -2.27. The molecule has 4 rings (SSSR count). The van der Waals surface area contributed by atoms with Crippen molar-refractivity contribution in [3.63, 3.8) is 0 Å². The predicted octanol–water partition coefficient (Wildman–Crippen LogP) is 3.39. The number of nitrogens with one attached hydrogen (secondary N) is 1. The van der Waals surface area contributed by atoms with Crippen LogP contribution in [0, 0.1) is 11.8 Å². The molecule has 2 atom stereocenters. The number of hydrogen-bond acceptors (Lipinski definition) is 1. The lowest BCUT2D eigenvalue weighted by atomic mass is 9.84. The summed E-state index contributed by atoms with van der Waals surface area (Å²) in [6.45, 7) is 3.14. The second-order valence-corrected chi connectivity index (χ2v) is 7.90. The van der Waals surface area contributed by atoms with Gasteiger partial charge in [0.2, 0.25) is 0 Å². The normalized spacial score (nSPS) is 18.8. The van der Waals surface area contributed by atoms with Crippen molar-refractivity contribution < 1.29 is 10.0 Å². The van der Waals surface area contributed by atoms with Crippen LogP contribution in [0.4, 0.5) is 0 Å². The first kappa shape index (κ1) is 19.5. The number of hydrogen-bond donors (Lipinski definition) is 2. The Labute approximate surface area is 173 Å². The highest BCUT2D eigenvalue weighted by Crippen LogP contribution is 2.32. The lowest BCUT2D eigenvalue weighted by Crippen LogP contribution is -3.10. The van der Waals surface area contributed by atoms with Crippen LogP contribution in [-0.2, 0) is 5.60 Å². The highest BCUT2D eigenvalue weighted by atomic mass is 16.3. The predicted molar refractivity (Wildman–Crippen MR) is 118 cm³/mol. The number of rotatable bonds is 5. The van der Waals surface area contributed by atoms with E-state index in [0.717, 1.165) is 30.8 Å². The zero-order valence-electron chi connectivity index (χ0n) is 16.7. The van der Waals surface area contributed by atoms with Gasteiger partial charge in [0.25, 0.3) is 0 Å². The van der Waals surface area contributed by atoms with Crippen molar-refractivity contribution >= 4 is 0 Å². The van der Waals surface area contributed by atoms with Crippen molar-refractivity contribution in [1.82, 2.24) is 0 Å². The molecule has 1 fully saturated rings. The quantitative estimate of drug-likeness (QED) is 0.650. The second-order valence-electron chi connectivity index (χ2n) is 7.90. The van der Waals surface area contributed by atoms with E-state index in [1.54, 1.807) is 0 Å². The maximum absolute atomic E-state index is 11.5. The maximum atomic E-state index is 11.5. The highest BCUT2D eigenvalue weighted by molar-refractivity contribution is 5.37. The molecule has 0 saturated carbocycles. The Morgan fingerprint density at radius 3 is 1.93 bits per heavy atom. The number of benzene rings is 3. The third kappa shape index (κ3) is 4.59. The molecule has 1 unspecified atom stereocenters. The topological polar surface area (TPSA) is 24.7 Å². The largest absolute Gasteiger partial charge is 0.379 e. The molecule has 3 aromatic carbocycles. The van der Waals surface area contributed by atoms with E-state index in [-0.39, 0.29) is 0 Å². The molecule has 2 heteroatoms. The Morgan fingerprint density at radius 2 is 1.34 bits per heavy atom. The summed E-state index contributed by atoms with van der Waals surface area (Å²) in [6.07, 6.45) is 1.62. The van der Waals surface area contributed by atoms with Gasteiger partial charge in [-0.1, -0.05) is 96.9 Å². The van der Waals surface area contributed by atoms with Gasteiger partial charge < -0.3 is 10.0 Å². The molecule has 0 aliphatic carbocycles. The average molecular weight is 383 g/mol. The Bertz CT molecular complexity index is 917. The lowest BCUT2D eigenvalue weighted by molar-refractivity contribution is -0.880. The Morgan fingerprint density at radius 1 is 0.793 bits per heavy atom. The van der Waals surface area contributed by atoms with Gasteiger partial charge in [-0.15, -0.1) is 0 Å². The van der Waals surface area contributed by atoms with Gasteiger partial charge in [-0.25, -0.2) is 0 Å². The summed E-state index contributed by atoms with van der Waals surface area (Å²) >= 11 is 0. The summed E-state index contributed by atoms with van der Waals surface area (Å²) < 4.78 is 0. The zero-order valence-corrected chi connectivity index (χ0v) is 16.7. The SMILES string of the molecule is OC(CC#CC[NH+]1CC[C@@H](c2ccccc2)C1)(c1ccccc1)c1ccccc1. The summed E-state index contributed by atoms with van der Waals surface area (Å²) in [5, 5.41) is 11.5. The van der Waals surface area contributed by atoms with Gasteiger partial charge in [0.1, 0.15) is 12.1 Å². The van der Waals surface area contributed by atoms with Gasteiger partial charge in [0.15, 0.2) is 0 Å². The van der Waals surface area contributed by atoms with E-state index in [9.17, 15) is 5.11 Å². The molecular weight excluding hydrogens is 354 g/mol. The fraction of sp³-hybridized carbons (Fsp3) is 0.259. The Kier molecular flexibility index (Phi) is 6.10. The van der Waals surface area contributed by atoms with Crippen LogP contribution in [-0.4, -0.2) is 24.7 Å². The van der Waals surface area contributed by atoms with Crippen LogP contribution in [0.25, 0.3) is 0 Å². The first-order valence-electron chi connectivity index (χ1n) is 10.4. The summed E-state index contributed by atoms with van der Waals surface area (Å²) in [7, 11) is 0. The van der Waals surface area contributed by atoms with Crippen molar-refractivity contribution in [3.8, 4) is 11.8 Å². The van der Waals surface area contributed by atoms with E-state index in [2.05, 4.69) is 42.2 Å². The molecule has 29 heavy (non-hydrogen) atoms. The fourth-order valence-corrected chi connectivity index (χ4v) is 4.28. The van der Waals surface area contributed by atoms with Crippen molar-refractivity contribution in [2.75, 3.05) is 19.6 Å². The monoisotopic (exact) mass is 382 g/mol. The molecule has 1 heterocycles. The number of quaternary nitrogens is 1. The summed E-state index contributed by atoms with van der Waals surface area (Å²) in [5.74, 6) is 7.27. The van der Waals surface area contributed by atoms with Crippen molar-refractivity contribution in [2.45, 2.75) is 24.4 Å². The van der Waals surface area contributed by atoms with Gasteiger partial charge in [0.05, 0.1) is 13.1 Å². The summed E-state index contributed by atoms with van der Waals surface area (Å²) in [4.78, 5) is 1.54. The van der Waals surface area contributed by atoms with Crippen LogP contribution in [0.3, 0.4) is 0 Å². The number of likely N-dealkylation sites (tertiary alicyclic amines) is 1. The van der Waals surface area contributed by atoms with Gasteiger partial charge in [-0.3, -0.25) is 0 Å². The molecule has 0 spiro atoms. The molecular formula is C27H28NO+. The maximum Gasteiger partial charge on any atom is 0.139 e. The molecule has 1 saturated heterocycles. The second kappa shape index (κ2) is 9.09. The number of aliphatic hydroxyl groups is 1. The molecule has 1 aliphatic rings. The van der Waals surface area contributed by atoms with Crippen molar-refractivity contribution in [1.29, 1.82) is 0 Å². The minimum Gasteiger partial charge on any atom is -0.379 e. The standard InChI is InChI=1S/C27H27NO/c29-27(25-14-6-2-7-15-25,26-16-8-3-9-17-26)19-10-11-20-28-21-18-24(22-28)23-12-4-1-5-13-23/h1-9,12-17,24,29H,18-22H2/p+1/t24-/m1/s1. The van der Waals surface area contributed by atoms with Crippen LogP contribution in [0.2, 0.25) is 0 Å². The van der Waals surface area contributed by atoms with E-state index in [4.69, 9.17) is 0 Å². The van der Waals surface area contributed by atoms with Crippen LogP contribution >= 0.6 is 0 Å². The van der Waals surface area contributed by atoms with Gasteiger partial charge in [0, 0.05) is 18.8 Å². The molecule has 0 bridgehead atoms. The molecule has 0 amide bonds. The third-order valence-electron chi connectivity index (χ3n) is 5.96. The molecule has 2 nitrogen and oxygen atoms in total. The Hall–Kier alpha value is -2.86. The third-order valence-corrected chi connectivity index (χ3v) is 5.96. The van der Waals surface area contributed by atoms with Gasteiger partial charge >= 0.3 is 0 Å². The minimum atomic E-state index is -1.08. The molecule has 146 valence electrons. The van der Waals surface area contributed by atoms with E-state index in [1.807, 2.05) is 60.7 Å². The molecule has 2 N–H and O–H groups in total. The van der Waals surface area contributed by atoms with E-state index >= 15 is 0 Å². The molecule has 0 radical (unpaired) electrons. The van der Waals surface area contributed by atoms with Crippen LogP contribution in [0.15, 0.2) is 91.0 Å². The van der Waals surface area contributed by atoms with Gasteiger partial charge in [-0.05, 0) is 22.6 Å². The fourth-order valence-electron chi connectivity index (χ4n) is 4.28.